The molecule has 0 saturated heterocycles. The number of hydrogen-bond donors (Lipinski definition) is 4. The quantitative estimate of drug-likeness (QED) is 0.0350. The lowest BCUT2D eigenvalue weighted by Crippen LogP contribution is -2.50. The standard InChI is InChI=1S/C33H36N4O2.C30H32N4O2S2.C29H30BrN5O2S2/c1-22(2)30(36(19-9-18-34)32(38)25-16-14-23(3)15-17-25)29-28(20-24-10-5-4-6-11-24)33(39)37-21-26-12-7-8-13-27(26)31(37)35-29;1-19(2)26(33(16-7-15-31)29(35)21-13-11-20(3)12-14-21)28-32-25-23-9-4-5-10-24(23)38-27(25)30(36)34(28)18-22-8-6-17-37-22;1-17(2)25(35(32-15-14-31)28(36)19-10-8-18(3)9-11-19)27-33-24-21-6-4-5-7-22(21)39-26(24)29(37)34(27)16-20-12-13-23(30)38-20/h4-8,10-17,22,30H,9,18-21,34H2,1-3H3;4-6,8-14,17,19,26H,7,15-16,18,31H2,1-3H3;4-13,17,25,32H,14-16,31H2,1-3H3. The van der Waals surface area contributed by atoms with E-state index in [4.69, 9.17) is 32.2 Å². The number of carbonyl (C=O) groups excluding carboxylic acids is 3. The summed E-state index contributed by atoms with van der Waals surface area (Å²) in [5.41, 5.74) is 31.6. The van der Waals surface area contributed by atoms with Gasteiger partial charge in [-0.05, 0) is 164 Å². The van der Waals surface area contributed by atoms with Crippen LogP contribution in [0, 0.1) is 38.5 Å². The van der Waals surface area contributed by atoms with Gasteiger partial charge in [-0.25, -0.2) is 20.4 Å². The molecule has 7 aromatic heterocycles. The number of hydrazine groups is 1. The maximum absolute atomic E-state index is 14.2. The van der Waals surface area contributed by atoms with Crippen molar-refractivity contribution in [2.75, 3.05) is 39.3 Å². The van der Waals surface area contributed by atoms with Crippen LogP contribution < -0.4 is 39.3 Å². The third kappa shape index (κ3) is 18.3. The van der Waals surface area contributed by atoms with Crippen LogP contribution in [0.25, 0.3) is 52.0 Å². The second kappa shape index (κ2) is 37.8. The smallest absolute Gasteiger partial charge is 0.271 e. The van der Waals surface area contributed by atoms with E-state index in [0.29, 0.717) is 144 Å². The first-order valence-corrected chi connectivity index (χ1v) is 43.5. The third-order valence-corrected chi connectivity index (χ3v) is 25.7. The van der Waals surface area contributed by atoms with Crippen LogP contribution in [0.15, 0.2) is 224 Å². The van der Waals surface area contributed by atoms with Gasteiger partial charge in [0.1, 0.15) is 32.9 Å². The summed E-state index contributed by atoms with van der Waals surface area (Å²) in [5.74, 6) is 1.43. The largest absolute Gasteiger partial charge is 0.330 e. The molecule has 0 radical (unpaired) electrons. The van der Waals surface area contributed by atoms with Crippen LogP contribution in [-0.2, 0) is 26.1 Å². The van der Waals surface area contributed by atoms with E-state index in [9.17, 15) is 28.8 Å². The predicted molar refractivity (Wildman–Crippen MR) is 479 cm³/mol. The lowest BCUT2D eigenvalue weighted by molar-refractivity contribution is 0.0442. The number of nitrogens with one attached hydrogen (secondary N) is 1. The molecule has 0 fully saturated rings. The zero-order valence-corrected chi connectivity index (χ0v) is 71.6. The summed E-state index contributed by atoms with van der Waals surface area (Å²) >= 11 is 9.67. The number of aryl methyl sites for hydroxylation is 3. The Morgan fingerprint density at radius 1 is 0.500 bits per heavy atom. The van der Waals surface area contributed by atoms with Gasteiger partial charge in [0.15, 0.2) is 0 Å². The van der Waals surface area contributed by atoms with Crippen molar-refractivity contribution in [3.8, 4) is 11.4 Å². The summed E-state index contributed by atoms with van der Waals surface area (Å²) in [6.07, 6.45) is 1.76. The van der Waals surface area contributed by atoms with Gasteiger partial charge in [0.25, 0.3) is 34.4 Å². The Balaban J connectivity index is 0.000000151. The van der Waals surface area contributed by atoms with Crippen molar-refractivity contribution in [2.24, 2.45) is 35.0 Å². The number of nitrogens with zero attached hydrogens (tertiary/aromatic N) is 9. The van der Waals surface area contributed by atoms with Gasteiger partial charge in [0, 0.05) is 90.3 Å². The molecule has 0 aliphatic carbocycles. The summed E-state index contributed by atoms with van der Waals surface area (Å²) in [5, 5.41) is 5.54. The van der Waals surface area contributed by atoms with Crippen LogP contribution in [0.3, 0.4) is 0 Å². The maximum atomic E-state index is 14.2. The van der Waals surface area contributed by atoms with E-state index >= 15 is 0 Å². The van der Waals surface area contributed by atoms with Crippen LogP contribution in [0.1, 0.15) is 164 Å². The number of hydrogen-bond acceptors (Lipinski definition) is 17. The molecule has 1 aliphatic heterocycles. The summed E-state index contributed by atoms with van der Waals surface area (Å²) in [6, 6.07) is 63.4. The van der Waals surface area contributed by atoms with E-state index in [-0.39, 0.29) is 52.2 Å². The van der Waals surface area contributed by atoms with Crippen molar-refractivity contribution in [3.63, 3.8) is 0 Å². The zero-order chi connectivity index (χ0) is 82.0. The van der Waals surface area contributed by atoms with Gasteiger partial charge < -0.3 is 27.0 Å². The van der Waals surface area contributed by atoms with Gasteiger partial charge in [-0.1, -0.05) is 192 Å². The Kier molecular flexibility index (Phi) is 27.3. The van der Waals surface area contributed by atoms with Gasteiger partial charge in [0.2, 0.25) is 0 Å². The SMILES string of the molecule is Cc1ccc(C(=O)N(CCCN)C(c2nc3c(sc4ccccc43)c(=O)n2Cc2cccs2)C(C)C)cc1.Cc1ccc(C(=O)N(CCCN)C(c2nc3n(c(=O)c2Cc2ccccc2)Cc2ccccc2-3)C(C)C)cc1.Cc1ccc(C(=O)N(NCCN)C(c2nc3c(sc4ccccc43)c(=O)n2Cc2ccc(Br)s2)C(C)C)cc1. The highest BCUT2D eigenvalue weighted by atomic mass is 79.9. The fourth-order valence-corrected chi connectivity index (χ4v) is 19.5. The fraction of sp³-hybridized carbons (Fsp3) is 0.293. The zero-order valence-electron chi connectivity index (χ0n) is 66.8. The van der Waals surface area contributed by atoms with E-state index in [2.05, 4.69) is 49.1 Å². The number of benzene rings is 7. The van der Waals surface area contributed by atoms with E-state index in [1.165, 1.54) is 22.7 Å². The Morgan fingerprint density at radius 3 is 1.47 bits per heavy atom. The van der Waals surface area contributed by atoms with Crippen LogP contribution in [0.4, 0.5) is 0 Å². The van der Waals surface area contributed by atoms with Gasteiger partial charge >= 0.3 is 0 Å². The average Bonchev–Trinajstić information content (AvgIpc) is 1.53. The Labute approximate surface area is 700 Å². The monoisotopic (exact) mass is 1690 g/mol. The molecular weight excluding hydrogens is 1590 g/mol. The first-order chi connectivity index (χ1) is 56.0. The van der Waals surface area contributed by atoms with Gasteiger partial charge in [-0.2, -0.15) is 0 Å². The minimum atomic E-state index is -0.537. The highest BCUT2D eigenvalue weighted by Gasteiger charge is 2.38. The number of fused-ring (bicyclic) bond motifs is 9. The summed E-state index contributed by atoms with van der Waals surface area (Å²) in [7, 11) is 0. The number of halogens is 1. The number of aromatic nitrogens is 6. The Hall–Kier alpha value is -10.3. The first-order valence-electron chi connectivity index (χ1n) is 39.4. The highest BCUT2D eigenvalue weighted by molar-refractivity contribution is 9.11. The van der Waals surface area contributed by atoms with Crippen LogP contribution in [0.5, 0.6) is 0 Å². The van der Waals surface area contributed by atoms with Crippen molar-refractivity contribution in [1.29, 1.82) is 0 Å². The minimum Gasteiger partial charge on any atom is -0.330 e. The van der Waals surface area contributed by atoms with Gasteiger partial charge in [0.05, 0.1) is 52.2 Å². The van der Waals surface area contributed by atoms with E-state index < -0.39 is 18.1 Å². The molecule has 3 amide bonds. The third-order valence-electron chi connectivity index (χ3n) is 20.9. The molecule has 116 heavy (non-hydrogen) atoms. The second-order valence-corrected chi connectivity index (χ2v) is 36.1. The van der Waals surface area contributed by atoms with E-state index in [1.54, 1.807) is 41.4 Å². The highest BCUT2D eigenvalue weighted by Crippen LogP contribution is 2.40. The number of rotatable bonds is 27. The second-order valence-electron chi connectivity index (χ2n) is 30.4. The topological polar surface area (TPSA) is 256 Å². The van der Waals surface area contributed by atoms with Crippen molar-refractivity contribution >= 4 is 120 Å². The minimum absolute atomic E-state index is 0.00556. The summed E-state index contributed by atoms with van der Waals surface area (Å²) in [4.78, 5) is 106. The fourth-order valence-electron chi connectivity index (χ4n) is 15.1. The maximum Gasteiger partial charge on any atom is 0.271 e. The Morgan fingerprint density at radius 2 is 0.983 bits per heavy atom. The first kappa shape index (κ1) is 83.7. The van der Waals surface area contributed by atoms with Crippen molar-refractivity contribution in [1.82, 2.24) is 48.9 Å². The normalized spacial score (nSPS) is 12.6. The number of thiophene rings is 4. The molecule has 19 nitrogen and oxygen atoms in total. The molecular formula is C92H98BrN13O6S4. The molecule has 7 N–H and O–H groups in total. The molecule has 598 valence electrons. The molecule has 3 atom stereocenters. The van der Waals surface area contributed by atoms with Gasteiger partial charge in [-0.3, -0.25) is 47.5 Å². The van der Waals surface area contributed by atoms with Crippen LogP contribution in [-0.4, -0.2) is 100 Å². The molecule has 24 heteroatoms. The van der Waals surface area contributed by atoms with Crippen LogP contribution >= 0.6 is 61.3 Å². The molecule has 0 bridgehead atoms. The van der Waals surface area contributed by atoms with E-state index in [0.717, 1.165) is 67.1 Å². The molecule has 14 aromatic rings. The van der Waals surface area contributed by atoms with Crippen molar-refractivity contribution in [3.05, 3.63) is 318 Å². The molecule has 15 rings (SSSR count). The molecule has 0 spiro atoms. The van der Waals surface area contributed by atoms with Crippen molar-refractivity contribution < 1.29 is 14.4 Å². The number of nitrogens with two attached hydrogens (primary N) is 3. The van der Waals surface area contributed by atoms with Gasteiger partial charge in [-0.15, -0.1) is 45.3 Å². The van der Waals surface area contributed by atoms with Crippen LogP contribution in [0.2, 0.25) is 0 Å². The average molecular weight is 1690 g/mol. The summed E-state index contributed by atoms with van der Waals surface area (Å²) in [6.45, 7) is 22.3. The molecule has 3 unspecified atom stereocenters. The summed E-state index contributed by atoms with van der Waals surface area (Å²) < 4.78 is 9.60. The van der Waals surface area contributed by atoms with E-state index in [1.807, 2.05) is 250 Å². The predicted octanol–water partition coefficient (Wildman–Crippen LogP) is 17.7. The number of amides is 3. The lowest BCUT2D eigenvalue weighted by Gasteiger charge is -2.35. The Bertz CT molecular complexity index is 5990. The molecule has 8 heterocycles. The molecule has 7 aromatic carbocycles. The number of carbonyl (C=O) groups is 3. The molecule has 1 aliphatic rings. The lowest BCUT2D eigenvalue weighted by atomic mass is 9.92. The van der Waals surface area contributed by atoms with Crippen molar-refractivity contribution in [2.45, 2.75) is 119 Å². The molecule has 0 saturated carbocycles.